The van der Waals surface area contributed by atoms with Crippen LogP contribution in [0.5, 0.6) is 0 Å². The van der Waals surface area contributed by atoms with Crippen molar-refractivity contribution in [3.05, 3.63) is 0 Å². The number of nitrogens with zero attached hydrogens (tertiary/aromatic N) is 2. The van der Waals surface area contributed by atoms with Gasteiger partial charge in [0.25, 0.3) is 0 Å². The molecular weight excluding hydrogens is 216 g/mol. The molecule has 0 bridgehead atoms. The van der Waals surface area contributed by atoms with Gasteiger partial charge in [0, 0.05) is 52.5 Å². The molecule has 0 spiro atoms. The minimum absolute atomic E-state index is 0.894. The van der Waals surface area contributed by atoms with Gasteiger partial charge in [0.2, 0.25) is 0 Å². The van der Waals surface area contributed by atoms with Crippen molar-refractivity contribution in [1.29, 1.82) is 0 Å². The maximum Gasteiger partial charge on any atom is 0.0478 e. The molecule has 5 nitrogen and oxygen atoms in total. The zero-order valence-electron chi connectivity index (χ0n) is 10.8. The van der Waals surface area contributed by atoms with E-state index in [1.54, 1.807) is 0 Å². The lowest BCUT2D eigenvalue weighted by atomic mass is 10.4. The van der Waals surface area contributed by atoms with Crippen LogP contribution in [0, 0.1) is 0 Å². The molecule has 2 aliphatic rings. The second-order valence-corrected chi connectivity index (χ2v) is 4.82. The highest BCUT2D eigenvalue weighted by Crippen LogP contribution is 1.99. The van der Waals surface area contributed by atoms with E-state index in [4.69, 9.17) is 4.74 Å². The van der Waals surface area contributed by atoms with E-state index >= 15 is 0 Å². The third kappa shape index (κ3) is 5.31. The van der Waals surface area contributed by atoms with Crippen LogP contribution in [0.15, 0.2) is 0 Å². The average Bonchev–Trinajstić information content (AvgIpc) is 3.00. The Bertz CT molecular complexity index is 171. The van der Waals surface area contributed by atoms with Gasteiger partial charge >= 0.3 is 0 Å². The molecule has 5 heteroatoms. The molecule has 2 saturated heterocycles. The molecule has 0 aromatic heterocycles. The molecule has 0 atom stereocenters. The Morgan fingerprint density at radius 1 is 0.824 bits per heavy atom. The summed E-state index contributed by atoms with van der Waals surface area (Å²) in [5.74, 6) is 0. The predicted molar refractivity (Wildman–Crippen MR) is 68.4 cm³/mol. The van der Waals surface area contributed by atoms with Gasteiger partial charge in [-0.1, -0.05) is 0 Å². The number of nitrogens with one attached hydrogen (secondary N) is 2. The monoisotopic (exact) mass is 242 g/mol. The van der Waals surface area contributed by atoms with E-state index in [2.05, 4.69) is 20.9 Å². The number of hydrazine groups is 2. The molecule has 100 valence electrons. The lowest BCUT2D eigenvalue weighted by Crippen LogP contribution is -2.32. The Hall–Kier alpha value is -0.200. The van der Waals surface area contributed by atoms with E-state index in [-0.39, 0.29) is 0 Å². The Labute approximate surface area is 104 Å². The maximum absolute atomic E-state index is 5.64. The number of hydrogen-bond donors (Lipinski definition) is 2. The molecular formula is C12H26N4O. The first-order valence-electron chi connectivity index (χ1n) is 7.00. The van der Waals surface area contributed by atoms with Gasteiger partial charge < -0.3 is 4.74 Å². The summed E-state index contributed by atoms with van der Waals surface area (Å²) in [4.78, 5) is 0. The smallest absolute Gasteiger partial charge is 0.0478 e. The molecule has 0 saturated carbocycles. The second-order valence-electron chi connectivity index (χ2n) is 4.82. The van der Waals surface area contributed by atoms with Crippen molar-refractivity contribution in [1.82, 2.24) is 20.9 Å². The highest BCUT2D eigenvalue weighted by atomic mass is 16.5. The van der Waals surface area contributed by atoms with Crippen LogP contribution >= 0.6 is 0 Å². The molecule has 2 rings (SSSR count). The van der Waals surface area contributed by atoms with E-state index in [1.165, 1.54) is 25.9 Å². The molecule has 2 fully saturated rings. The van der Waals surface area contributed by atoms with Gasteiger partial charge in [-0.2, -0.15) is 0 Å². The van der Waals surface area contributed by atoms with Crippen molar-refractivity contribution in [2.75, 3.05) is 52.5 Å². The molecule has 0 aromatic carbocycles. The van der Waals surface area contributed by atoms with E-state index in [1.807, 2.05) is 0 Å². The molecule has 0 aliphatic carbocycles. The minimum Gasteiger partial charge on any atom is -0.381 e. The van der Waals surface area contributed by atoms with E-state index in [0.29, 0.717) is 0 Å². The predicted octanol–water partition coefficient (Wildman–Crippen LogP) is 0.204. The lowest BCUT2D eigenvalue weighted by Gasteiger charge is -2.16. The van der Waals surface area contributed by atoms with Gasteiger partial charge in [-0.15, -0.1) is 0 Å². The van der Waals surface area contributed by atoms with Crippen molar-refractivity contribution >= 4 is 0 Å². The van der Waals surface area contributed by atoms with Gasteiger partial charge in [0.1, 0.15) is 0 Å². The molecule has 17 heavy (non-hydrogen) atoms. The van der Waals surface area contributed by atoms with Crippen molar-refractivity contribution in [2.24, 2.45) is 0 Å². The molecule has 2 aliphatic heterocycles. The van der Waals surface area contributed by atoms with Crippen LogP contribution in [0.2, 0.25) is 0 Å². The third-order valence-electron chi connectivity index (χ3n) is 3.31. The largest absolute Gasteiger partial charge is 0.381 e. The van der Waals surface area contributed by atoms with Gasteiger partial charge in [-0.05, 0) is 25.7 Å². The van der Waals surface area contributed by atoms with Crippen LogP contribution in [-0.2, 0) is 4.74 Å². The molecule has 0 amide bonds. The lowest BCUT2D eigenvalue weighted by molar-refractivity contribution is 0.105. The van der Waals surface area contributed by atoms with Gasteiger partial charge in [-0.25, -0.2) is 10.0 Å². The Kier molecular flexibility index (Phi) is 6.23. The summed E-state index contributed by atoms with van der Waals surface area (Å²) in [5, 5.41) is 4.61. The highest BCUT2D eigenvalue weighted by Gasteiger charge is 2.10. The number of hydrogen-bond acceptors (Lipinski definition) is 5. The van der Waals surface area contributed by atoms with Crippen LogP contribution < -0.4 is 10.9 Å². The molecule has 0 unspecified atom stereocenters. The highest BCUT2D eigenvalue weighted by molar-refractivity contribution is 4.62. The first-order chi connectivity index (χ1) is 8.45. The van der Waals surface area contributed by atoms with E-state index < -0.39 is 0 Å². The van der Waals surface area contributed by atoms with Crippen molar-refractivity contribution < 1.29 is 4.74 Å². The third-order valence-corrected chi connectivity index (χ3v) is 3.31. The molecule has 0 aromatic rings. The van der Waals surface area contributed by atoms with Gasteiger partial charge in [0.15, 0.2) is 0 Å². The standard InChI is InChI=1S/C12H26N4O/c1-5-13-15(7-1)9-3-11-17-12-4-10-16-8-2-6-14-16/h13-14H,1-12H2. The van der Waals surface area contributed by atoms with Crippen LogP contribution in [0.3, 0.4) is 0 Å². The summed E-state index contributed by atoms with van der Waals surface area (Å²) in [6, 6.07) is 0. The first kappa shape index (κ1) is 13.2. The Morgan fingerprint density at radius 2 is 1.35 bits per heavy atom. The fraction of sp³-hybridized carbons (Fsp3) is 1.00. The zero-order chi connectivity index (χ0) is 11.8. The van der Waals surface area contributed by atoms with Crippen LogP contribution in [-0.4, -0.2) is 62.5 Å². The second kappa shape index (κ2) is 8.00. The summed E-state index contributed by atoms with van der Waals surface area (Å²) >= 11 is 0. The quantitative estimate of drug-likeness (QED) is 0.595. The topological polar surface area (TPSA) is 39.8 Å². The fourth-order valence-corrected chi connectivity index (χ4v) is 2.37. The molecule has 0 radical (unpaired) electrons. The summed E-state index contributed by atoms with van der Waals surface area (Å²) < 4.78 is 5.64. The van der Waals surface area contributed by atoms with Gasteiger partial charge in [0.05, 0.1) is 0 Å². The SMILES string of the molecule is C1CNN(CCCOCCCN2CCCN2)C1. The Morgan fingerprint density at radius 3 is 1.76 bits per heavy atom. The summed E-state index contributed by atoms with van der Waals surface area (Å²) in [6.07, 6.45) is 4.83. The molecule has 2 heterocycles. The summed E-state index contributed by atoms with van der Waals surface area (Å²) in [5.41, 5.74) is 6.72. The maximum atomic E-state index is 5.64. The summed E-state index contributed by atoms with van der Waals surface area (Å²) in [6.45, 7) is 8.70. The number of ether oxygens (including phenoxy) is 1. The first-order valence-corrected chi connectivity index (χ1v) is 7.00. The van der Waals surface area contributed by atoms with E-state index in [0.717, 1.165) is 52.2 Å². The molecule has 2 N–H and O–H groups in total. The zero-order valence-corrected chi connectivity index (χ0v) is 10.8. The average molecular weight is 242 g/mol. The minimum atomic E-state index is 0.894. The number of rotatable bonds is 8. The fourth-order valence-electron chi connectivity index (χ4n) is 2.37. The van der Waals surface area contributed by atoms with Gasteiger partial charge in [-0.3, -0.25) is 10.9 Å². The van der Waals surface area contributed by atoms with Crippen molar-refractivity contribution in [3.8, 4) is 0 Å². The van der Waals surface area contributed by atoms with E-state index in [9.17, 15) is 0 Å². The van der Waals surface area contributed by atoms with Crippen LogP contribution in [0.4, 0.5) is 0 Å². The van der Waals surface area contributed by atoms with Crippen molar-refractivity contribution in [2.45, 2.75) is 25.7 Å². The van der Waals surface area contributed by atoms with Crippen LogP contribution in [0.1, 0.15) is 25.7 Å². The van der Waals surface area contributed by atoms with Crippen molar-refractivity contribution in [3.63, 3.8) is 0 Å². The Balaban J connectivity index is 1.33. The summed E-state index contributed by atoms with van der Waals surface area (Å²) in [7, 11) is 0. The normalized spacial score (nSPS) is 22.6. The van der Waals surface area contributed by atoms with Crippen LogP contribution in [0.25, 0.3) is 0 Å².